The van der Waals surface area contributed by atoms with Crippen LogP contribution in [-0.2, 0) is 70.3 Å². The Morgan fingerprint density at radius 2 is 1.26 bits per heavy atom. The summed E-state index contributed by atoms with van der Waals surface area (Å²) in [7, 11) is 0. The number of aliphatic hydroxyl groups is 1. The molecular weight excluding hydrogens is 829 g/mol. The van der Waals surface area contributed by atoms with Gasteiger partial charge in [0.2, 0.25) is 5.91 Å². The number of ether oxygens (including phenoxy) is 7. The van der Waals surface area contributed by atoms with Crippen molar-refractivity contribution >= 4 is 64.4 Å². The Kier molecular flexibility index (Phi) is 17.2. The summed E-state index contributed by atoms with van der Waals surface area (Å²) in [6.07, 6.45) is -6.98. The van der Waals surface area contributed by atoms with Crippen molar-refractivity contribution in [1.29, 1.82) is 0 Å². The molecule has 5 rings (SSSR count). The largest absolute Gasteiger partial charge is 0.463 e. The molecule has 2 aliphatic heterocycles. The number of hydrogen-bond donors (Lipinski definition) is 3. The van der Waals surface area contributed by atoms with Crippen LogP contribution in [0.4, 0.5) is 5.69 Å². The predicted molar refractivity (Wildman–Crippen MR) is 227 cm³/mol. The van der Waals surface area contributed by atoms with Crippen LogP contribution in [0.5, 0.6) is 0 Å². The molecule has 2 heterocycles. The Morgan fingerprint density at radius 1 is 0.689 bits per heavy atom. The van der Waals surface area contributed by atoms with E-state index in [4.69, 9.17) is 45.4 Å². The lowest BCUT2D eigenvalue weighted by Gasteiger charge is -2.44. The van der Waals surface area contributed by atoms with Crippen LogP contribution in [0.1, 0.15) is 82.6 Å². The van der Waals surface area contributed by atoms with Gasteiger partial charge < -0.3 is 48.9 Å². The first kappa shape index (κ1) is 47.1. The molecule has 0 radical (unpaired) electrons. The molecule has 1 unspecified atom stereocenters. The highest BCUT2D eigenvalue weighted by molar-refractivity contribution is 7.99. The van der Waals surface area contributed by atoms with Crippen molar-refractivity contribution in [2.24, 2.45) is 5.92 Å². The molecule has 3 aromatic rings. The number of thioether (sulfide) groups is 1. The minimum absolute atomic E-state index is 0.00789. The molecule has 328 valence electrons. The predicted octanol–water partition coefficient (Wildman–Crippen LogP) is 5.65. The molecule has 0 aliphatic carbocycles. The number of carbonyl (C=O) groups is 5. The van der Waals surface area contributed by atoms with Crippen LogP contribution in [0.3, 0.4) is 0 Å². The second-order valence-electron chi connectivity index (χ2n) is 14.8. The van der Waals surface area contributed by atoms with E-state index in [-0.39, 0.29) is 43.7 Å². The molecule has 0 saturated carbocycles. The molecule has 2 aliphatic rings. The maximum atomic E-state index is 12.2. The van der Waals surface area contributed by atoms with Crippen LogP contribution >= 0.6 is 24.0 Å². The van der Waals surface area contributed by atoms with Gasteiger partial charge in [0.05, 0.1) is 23.8 Å². The SMILES string of the molecule is CC(=O)Nc1ccc(SC[C@H]2OC(c3ccc(CNC(=S)C[C@@H]4O[C@H](COC(C)=O)[C@@H](OC(C)=O)[C@H](OC(C)=O)[C@H]4OC(C)=O)cc3)O[C@@H](c3ccc(CO)cc3)[C@H]2C)cc1. The first-order valence-electron chi connectivity index (χ1n) is 19.8. The fourth-order valence-corrected chi connectivity index (χ4v) is 8.36. The lowest BCUT2D eigenvalue weighted by Crippen LogP contribution is -2.62. The third-order valence-electron chi connectivity index (χ3n) is 9.93. The highest BCUT2D eigenvalue weighted by atomic mass is 32.2. The van der Waals surface area contributed by atoms with Gasteiger partial charge in [0.1, 0.15) is 18.8 Å². The monoisotopic (exact) mass is 880 g/mol. The van der Waals surface area contributed by atoms with Crippen LogP contribution < -0.4 is 10.6 Å². The zero-order valence-corrected chi connectivity index (χ0v) is 36.5. The van der Waals surface area contributed by atoms with E-state index in [0.717, 1.165) is 46.7 Å². The molecule has 3 aromatic carbocycles. The first-order valence-corrected chi connectivity index (χ1v) is 21.2. The van der Waals surface area contributed by atoms with Crippen LogP contribution in [0.15, 0.2) is 77.7 Å². The van der Waals surface area contributed by atoms with Crippen molar-refractivity contribution in [3.05, 3.63) is 95.1 Å². The zero-order valence-electron chi connectivity index (χ0n) is 34.8. The van der Waals surface area contributed by atoms with Crippen LogP contribution in [0.25, 0.3) is 0 Å². The number of anilines is 1. The maximum absolute atomic E-state index is 12.2. The van der Waals surface area contributed by atoms with Gasteiger partial charge in [-0.3, -0.25) is 24.0 Å². The van der Waals surface area contributed by atoms with Crippen molar-refractivity contribution in [1.82, 2.24) is 5.32 Å². The molecular formula is C44H52N2O13S2. The summed E-state index contributed by atoms with van der Waals surface area (Å²) < 4.78 is 41.2. The summed E-state index contributed by atoms with van der Waals surface area (Å²) in [5.74, 6) is -2.25. The summed E-state index contributed by atoms with van der Waals surface area (Å²) >= 11 is 7.35. The van der Waals surface area contributed by atoms with Crippen molar-refractivity contribution in [2.75, 3.05) is 17.7 Å². The van der Waals surface area contributed by atoms with Crippen LogP contribution in [0, 0.1) is 5.92 Å². The van der Waals surface area contributed by atoms with Gasteiger partial charge in [-0.25, -0.2) is 0 Å². The van der Waals surface area contributed by atoms with Crippen molar-refractivity contribution in [3.63, 3.8) is 0 Å². The van der Waals surface area contributed by atoms with Gasteiger partial charge in [-0.2, -0.15) is 0 Å². The van der Waals surface area contributed by atoms with Gasteiger partial charge >= 0.3 is 23.9 Å². The second kappa shape index (κ2) is 22.3. The standard InChI is InChI=1S/C44H52N2O13S2/c1-24-38(23-61-35-17-15-34(16-18-35)46-25(2)48)58-44(59-40(24)32-11-9-31(21-47)10-12-32)33-13-7-30(8-14-33)20-45-39(60)19-36-41(54-27(4)50)43(56-29(6)52)42(55-28(5)51)37(57-36)22-53-26(3)49/h7-18,24,36-38,40-44,47H,19-23H2,1-6H3,(H,45,60)(H,46,48)/t24-,36-,37+,38+,40+,41-,42+,43+,44?/m0/s1. The van der Waals surface area contributed by atoms with E-state index in [2.05, 4.69) is 17.6 Å². The van der Waals surface area contributed by atoms with Crippen molar-refractivity contribution < 1.29 is 62.2 Å². The molecule has 2 saturated heterocycles. The summed E-state index contributed by atoms with van der Waals surface area (Å²) in [6, 6.07) is 23.1. The first-order chi connectivity index (χ1) is 29.1. The number of aliphatic hydroxyl groups excluding tert-OH is 1. The number of benzene rings is 3. The van der Waals surface area contributed by atoms with E-state index >= 15 is 0 Å². The number of thiocarbonyl (C=S) groups is 1. The lowest BCUT2D eigenvalue weighted by atomic mass is 9.91. The fraction of sp³-hybridized carbons (Fsp3) is 0.455. The van der Waals surface area contributed by atoms with Gasteiger partial charge in [-0.15, -0.1) is 11.8 Å². The Balaban J connectivity index is 1.28. The Labute approximate surface area is 364 Å². The molecule has 0 spiro atoms. The Morgan fingerprint density at radius 3 is 1.84 bits per heavy atom. The van der Waals surface area contributed by atoms with Gasteiger partial charge in [-0.1, -0.05) is 67.7 Å². The number of carbonyl (C=O) groups excluding carboxylic acids is 5. The summed E-state index contributed by atoms with van der Waals surface area (Å²) in [6.45, 7) is 8.21. The molecule has 61 heavy (non-hydrogen) atoms. The van der Waals surface area contributed by atoms with Gasteiger partial charge in [0, 0.05) is 75.4 Å². The molecule has 0 aromatic heterocycles. The molecule has 2 fully saturated rings. The third kappa shape index (κ3) is 13.8. The fourth-order valence-electron chi connectivity index (χ4n) is 7.06. The summed E-state index contributed by atoms with van der Waals surface area (Å²) in [4.78, 5) is 61.1. The lowest BCUT2D eigenvalue weighted by molar-refractivity contribution is -0.268. The van der Waals surface area contributed by atoms with E-state index < -0.39 is 60.7 Å². The smallest absolute Gasteiger partial charge is 0.303 e. The quantitative estimate of drug-likeness (QED) is 0.0691. The Bertz CT molecular complexity index is 2000. The Hall–Kier alpha value is -4.91. The van der Waals surface area contributed by atoms with Gasteiger partial charge in [0.15, 0.2) is 24.6 Å². The summed E-state index contributed by atoms with van der Waals surface area (Å²) in [5.41, 5.74) is 4.18. The molecule has 17 heteroatoms. The second-order valence-corrected chi connectivity index (χ2v) is 16.4. The third-order valence-corrected chi connectivity index (χ3v) is 11.3. The van der Waals surface area contributed by atoms with E-state index in [1.807, 2.05) is 72.8 Å². The van der Waals surface area contributed by atoms with Gasteiger partial charge in [0.25, 0.3) is 0 Å². The molecule has 3 N–H and O–H groups in total. The topological polar surface area (TPSA) is 194 Å². The maximum Gasteiger partial charge on any atom is 0.303 e. The zero-order chi connectivity index (χ0) is 44.2. The minimum atomic E-state index is -1.28. The van der Waals surface area contributed by atoms with Crippen LogP contribution in [-0.4, -0.2) is 88.9 Å². The highest BCUT2D eigenvalue weighted by Crippen LogP contribution is 2.43. The molecule has 1 amide bonds. The number of rotatable bonds is 16. The molecule has 0 bridgehead atoms. The normalized spacial score (nSPS) is 24.7. The van der Waals surface area contributed by atoms with E-state index in [1.165, 1.54) is 20.8 Å². The summed E-state index contributed by atoms with van der Waals surface area (Å²) in [5, 5.41) is 15.6. The van der Waals surface area contributed by atoms with Gasteiger partial charge in [-0.05, 0) is 41.0 Å². The number of amides is 1. The minimum Gasteiger partial charge on any atom is -0.463 e. The number of esters is 4. The van der Waals surface area contributed by atoms with E-state index in [0.29, 0.717) is 17.3 Å². The van der Waals surface area contributed by atoms with E-state index in [1.54, 1.807) is 11.8 Å². The van der Waals surface area contributed by atoms with Crippen molar-refractivity contribution in [3.8, 4) is 0 Å². The average Bonchev–Trinajstić information content (AvgIpc) is 3.21. The van der Waals surface area contributed by atoms with Crippen LogP contribution in [0.2, 0.25) is 0 Å². The number of nitrogens with one attached hydrogen (secondary N) is 2. The van der Waals surface area contributed by atoms with Crippen molar-refractivity contribution in [2.45, 2.75) is 115 Å². The number of hydrogen-bond acceptors (Lipinski definition) is 15. The van der Waals surface area contributed by atoms with E-state index in [9.17, 15) is 29.1 Å². The molecule has 9 atom stereocenters. The highest BCUT2D eigenvalue weighted by Gasteiger charge is 2.52. The average molecular weight is 881 g/mol. The molecule has 15 nitrogen and oxygen atoms in total.